The molecule has 1 N–H and O–H groups in total. The maximum Gasteiger partial charge on any atom is 0.317 e. The van der Waals surface area contributed by atoms with Crippen LogP contribution in [0.25, 0.3) is 0 Å². The molecule has 0 rings (SSSR count). The summed E-state index contributed by atoms with van der Waals surface area (Å²) in [6.45, 7) is -3.00. The summed E-state index contributed by atoms with van der Waals surface area (Å²) in [6, 6.07) is 0. The van der Waals surface area contributed by atoms with E-state index in [-0.39, 0.29) is 30.5 Å². The second-order valence-electron chi connectivity index (χ2n) is 3.93. The van der Waals surface area contributed by atoms with Crippen molar-refractivity contribution in [3.8, 4) is 0 Å². The number of carboxylic acids is 4. The number of nitrogens with zero attached hydrogens (tertiary/aromatic N) is 2. The predicted octanol–water partition coefficient (Wildman–Crippen LogP) is -6.08. The molecule has 21 heavy (non-hydrogen) atoms. The van der Waals surface area contributed by atoms with E-state index < -0.39 is 50.1 Å². The minimum atomic E-state index is -1.52. The van der Waals surface area contributed by atoms with Crippen molar-refractivity contribution in [1.82, 2.24) is 9.80 Å². The van der Waals surface area contributed by atoms with E-state index in [1.165, 1.54) is 0 Å². The van der Waals surface area contributed by atoms with Gasteiger partial charge in [0.05, 0.1) is 24.5 Å². The van der Waals surface area contributed by atoms with Gasteiger partial charge in [0.25, 0.3) is 0 Å². The van der Waals surface area contributed by atoms with Gasteiger partial charge in [-0.2, -0.15) is 0 Å². The molecule has 0 aromatic heterocycles. The summed E-state index contributed by atoms with van der Waals surface area (Å²) >= 11 is 0. The van der Waals surface area contributed by atoms with Crippen molar-refractivity contribution in [2.24, 2.45) is 0 Å². The minimum Gasteiger partial charge on any atom is -0.549 e. The third-order valence-corrected chi connectivity index (χ3v) is 2.15. The molecule has 0 aromatic rings. The molecule has 0 unspecified atom stereocenters. The molecule has 0 aliphatic rings. The maximum atomic E-state index is 10.5. The number of carbonyl (C=O) groups is 4. The van der Waals surface area contributed by atoms with E-state index in [1.54, 1.807) is 0 Å². The van der Waals surface area contributed by atoms with Crippen LogP contribution in [0.1, 0.15) is 0 Å². The molecule has 0 aliphatic carbocycles. The summed E-state index contributed by atoms with van der Waals surface area (Å²) in [4.78, 5) is 43.7. The summed E-state index contributed by atoms with van der Waals surface area (Å²) in [5.74, 6) is -5.82. The summed E-state index contributed by atoms with van der Waals surface area (Å²) in [5.41, 5.74) is 0. The standard InChI is InChI=1S/C10H16N2O8.Cr/c13-7(14)3-11(4-8(15)16)1-2-12(5-9(17)18)6-10(19)20;/h1-6H2,(H,13,14)(H,15,16)(H,17,18)(H,19,20);/p-3. The molecule has 120 valence electrons. The smallest absolute Gasteiger partial charge is 0.317 e. The first-order valence-electron chi connectivity index (χ1n) is 5.46. The van der Waals surface area contributed by atoms with Crippen molar-refractivity contribution in [2.45, 2.75) is 0 Å². The Balaban J connectivity index is 0. The third-order valence-electron chi connectivity index (χ3n) is 2.15. The molecular weight excluding hydrogens is 328 g/mol. The van der Waals surface area contributed by atoms with E-state index >= 15 is 0 Å². The zero-order valence-electron chi connectivity index (χ0n) is 10.9. The van der Waals surface area contributed by atoms with Gasteiger partial charge in [0.2, 0.25) is 0 Å². The number of hydrogen-bond donors (Lipinski definition) is 1. The van der Waals surface area contributed by atoms with Gasteiger partial charge in [-0.05, 0) is 0 Å². The average molecular weight is 341 g/mol. The Morgan fingerprint density at radius 3 is 1.24 bits per heavy atom. The van der Waals surface area contributed by atoms with Gasteiger partial charge in [-0.1, -0.05) is 0 Å². The molecular formula is C10H13CrN2O8-3. The van der Waals surface area contributed by atoms with Gasteiger partial charge in [0.15, 0.2) is 0 Å². The Bertz CT molecular complexity index is 321. The van der Waals surface area contributed by atoms with Crippen LogP contribution in [0, 0.1) is 0 Å². The topological polar surface area (TPSA) is 164 Å². The van der Waals surface area contributed by atoms with Crippen molar-refractivity contribution in [3.05, 3.63) is 0 Å². The zero-order valence-corrected chi connectivity index (χ0v) is 12.1. The number of aliphatic carboxylic acids is 4. The summed E-state index contributed by atoms with van der Waals surface area (Å²) < 4.78 is 0. The summed E-state index contributed by atoms with van der Waals surface area (Å²) in [6.07, 6.45) is 0. The quantitative estimate of drug-likeness (QED) is 0.382. The van der Waals surface area contributed by atoms with Crippen LogP contribution in [0.2, 0.25) is 0 Å². The van der Waals surface area contributed by atoms with Crippen LogP contribution in [-0.4, -0.2) is 78.1 Å². The second kappa shape index (κ2) is 11.0. The fraction of sp³-hybridized carbons (Fsp3) is 0.600. The summed E-state index contributed by atoms with van der Waals surface area (Å²) in [7, 11) is 0. The van der Waals surface area contributed by atoms with E-state index in [1.807, 2.05) is 0 Å². The molecule has 0 bridgehead atoms. The molecule has 0 spiro atoms. The molecule has 0 saturated heterocycles. The average Bonchev–Trinajstić information content (AvgIpc) is 2.22. The van der Waals surface area contributed by atoms with E-state index in [4.69, 9.17) is 5.11 Å². The Morgan fingerprint density at radius 2 is 1.00 bits per heavy atom. The predicted molar refractivity (Wildman–Crippen MR) is 55.5 cm³/mol. The van der Waals surface area contributed by atoms with Gasteiger partial charge in [-0.15, -0.1) is 0 Å². The van der Waals surface area contributed by atoms with Gasteiger partial charge >= 0.3 is 5.97 Å². The van der Waals surface area contributed by atoms with Crippen molar-refractivity contribution in [3.63, 3.8) is 0 Å². The van der Waals surface area contributed by atoms with Crippen LogP contribution in [0.3, 0.4) is 0 Å². The van der Waals surface area contributed by atoms with Crippen LogP contribution in [-0.2, 0) is 36.5 Å². The Kier molecular flexibility index (Phi) is 11.4. The van der Waals surface area contributed by atoms with Gasteiger partial charge < -0.3 is 34.8 Å². The van der Waals surface area contributed by atoms with Crippen molar-refractivity contribution in [1.29, 1.82) is 0 Å². The molecule has 10 nitrogen and oxygen atoms in total. The van der Waals surface area contributed by atoms with Crippen LogP contribution in [0.4, 0.5) is 0 Å². The number of carboxylic acid groups (broad SMARTS) is 4. The monoisotopic (exact) mass is 341 g/mol. The number of carbonyl (C=O) groups excluding carboxylic acids is 3. The number of rotatable bonds is 11. The van der Waals surface area contributed by atoms with Crippen LogP contribution >= 0.6 is 0 Å². The largest absolute Gasteiger partial charge is 0.549 e. The fourth-order valence-corrected chi connectivity index (χ4v) is 1.45. The van der Waals surface area contributed by atoms with Crippen molar-refractivity contribution >= 4 is 23.9 Å². The van der Waals surface area contributed by atoms with Gasteiger partial charge in [0, 0.05) is 50.1 Å². The van der Waals surface area contributed by atoms with Crippen molar-refractivity contribution in [2.75, 3.05) is 39.3 Å². The molecule has 0 fully saturated rings. The molecule has 0 radical (unpaired) electrons. The number of hydrogen-bond acceptors (Lipinski definition) is 9. The molecule has 0 aliphatic heterocycles. The minimum absolute atomic E-state index is 0. The Hall–Kier alpha value is -1.67. The van der Waals surface area contributed by atoms with E-state index in [0.29, 0.717) is 0 Å². The molecule has 0 amide bonds. The Morgan fingerprint density at radius 1 is 0.714 bits per heavy atom. The van der Waals surface area contributed by atoms with Crippen molar-refractivity contribution < 1.29 is 57.0 Å². The van der Waals surface area contributed by atoms with Crippen LogP contribution in [0.5, 0.6) is 0 Å². The van der Waals surface area contributed by atoms with E-state index in [9.17, 15) is 34.5 Å². The normalized spacial score (nSPS) is 10.2. The van der Waals surface area contributed by atoms with E-state index in [2.05, 4.69) is 0 Å². The molecule has 11 heteroatoms. The summed E-state index contributed by atoms with van der Waals surface area (Å²) in [5, 5.41) is 39.8. The van der Waals surface area contributed by atoms with Gasteiger partial charge in [-0.3, -0.25) is 14.6 Å². The van der Waals surface area contributed by atoms with E-state index in [0.717, 1.165) is 9.80 Å². The first-order chi connectivity index (χ1) is 9.20. The van der Waals surface area contributed by atoms with Crippen LogP contribution < -0.4 is 15.3 Å². The first-order valence-corrected chi connectivity index (χ1v) is 5.46. The maximum absolute atomic E-state index is 10.5. The zero-order chi connectivity index (χ0) is 15.7. The second-order valence-corrected chi connectivity index (χ2v) is 3.93. The molecule has 0 atom stereocenters. The van der Waals surface area contributed by atoms with Gasteiger partial charge in [-0.25, -0.2) is 0 Å². The molecule has 0 saturated carbocycles. The fourth-order valence-electron chi connectivity index (χ4n) is 1.45. The van der Waals surface area contributed by atoms with Gasteiger partial charge in [0.1, 0.15) is 0 Å². The SMILES string of the molecule is O=C([O-])CN(CCN(CC(=O)[O-])CC(=O)O)CC(=O)[O-].[Cr]. The third kappa shape index (κ3) is 13.1. The molecule has 0 aromatic carbocycles. The first kappa shape index (κ1) is 21.6. The Labute approximate surface area is 130 Å². The van der Waals surface area contributed by atoms with Crippen LogP contribution in [0.15, 0.2) is 0 Å². The molecule has 0 heterocycles.